The maximum absolute atomic E-state index is 10.1. The summed E-state index contributed by atoms with van der Waals surface area (Å²) in [5.74, 6) is 0. The van der Waals surface area contributed by atoms with Gasteiger partial charge >= 0.3 is 0 Å². The molecule has 1 aromatic rings. The fourth-order valence-corrected chi connectivity index (χ4v) is 1.04. The summed E-state index contributed by atoms with van der Waals surface area (Å²) in [7, 11) is -2.80. The second-order valence-electron chi connectivity index (χ2n) is 2.04. The molecule has 0 spiro atoms. The van der Waals surface area contributed by atoms with E-state index in [1.807, 2.05) is 4.72 Å². The lowest BCUT2D eigenvalue weighted by atomic mass is 10.3. The van der Waals surface area contributed by atoms with Gasteiger partial charge < -0.3 is 5.11 Å². The maximum atomic E-state index is 10.1. The van der Waals surface area contributed by atoms with Crippen molar-refractivity contribution in [2.75, 3.05) is 0 Å². The quantitative estimate of drug-likeness (QED) is 0.428. The van der Waals surface area contributed by atoms with Gasteiger partial charge in [-0.15, -0.1) is 0 Å². The number of thiol groups is 1. The van der Waals surface area contributed by atoms with Crippen LogP contribution in [0.3, 0.4) is 0 Å². The number of nitrogens with one attached hydrogen (secondary N) is 1. The lowest BCUT2D eigenvalue weighted by Crippen LogP contribution is -2.19. The Labute approximate surface area is 71.2 Å². The number of pyridine rings is 1. The van der Waals surface area contributed by atoms with E-state index in [1.54, 1.807) is 12.1 Å². The molecule has 12 heavy (non-hydrogen) atoms. The molecule has 0 aliphatic carbocycles. The van der Waals surface area contributed by atoms with E-state index in [9.17, 15) is 8.42 Å². The van der Waals surface area contributed by atoms with E-state index in [4.69, 9.17) is 5.11 Å². The summed E-state index contributed by atoms with van der Waals surface area (Å²) in [5, 5.41) is 9.13. The van der Waals surface area contributed by atoms with Crippen LogP contribution in [-0.4, -0.2) is 18.5 Å². The van der Waals surface area contributed by atoms with Crippen LogP contribution in [0.25, 0.3) is 0 Å². The van der Waals surface area contributed by atoms with E-state index in [0.717, 1.165) is 0 Å². The molecular weight excluding hydrogens is 180 g/mol. The summed E-state index contributed by atoms with van der Waals surface area (Å²) in [4.78, 5) is 3.75. The fourth-order valence-electron chi connectivity index (χ4n) is 0.704. The summed E-state index contributed by atoms with van der Waals surface area (Å²) in [6.07, 6.45) is 0.213. The minimum atomic E-state index is -2.80. The van der Waals surface area contributed by atoms with Crippen molar-refractivity contribution in [2.24, 2.45) is 0 Å². The van der Waals surface area contributed by atoms with Gasteiger partial charge in [-0.2, -0.15) is 4.72 Å². The highest BCUT2D eigenvalue weighted by Crippen LogP contribution is 2.03. The lowest BCUT2D eigenvalue weighted by Gasteiger charge is -2.05. The number of aliphatic hydroxyl groups is 1. The molecule has 0 fully saturated rings. The first-order valence-electron chi connectivity index (χ1n) is 3.19. The Kier molecular flexibility index (Phi) is 3.15. The Morgan fingerprint density at radius 1 is 1.50 bits per heavy atom. The monoisotopic (exact) mass is 188 g/mol. The van der Waals surface area contributed by atoms with Crippen LogP contribution in [0.5, 0.6) is 0 Å². The summed E-state index contributed by atoms with van der Waals surface area (Å²) in [5.41, 5.74) is 0.275. The maximum Gasteiger partial charge on any atom is 0.203 e. The predicted octanol–water partition coefficient (Wildman–Crippen LogP) is -0.812. The van der Waals surface area contributed by atoms with Crippen LogP contribution in [0.1, 0.15) is 11.9 Å². The van der Waals surface area contributed by atoms with Crippen molar-refractivity contribution in [3.8, 4) is 0 Å². The molecule has 0 aliphatic heterocycles. The smallest absolute Gasteiger partial charge is 0.203 e. The van der Waals surface area contributed by atoms with Gasteiger partial charge in [0.05, 0.1) is 5.69 Å². The van der Waals surface area contributed by atoms with Crippen LogP contribution in [0, 0.1) is 0 Å². The fraction of sp³-hybridized carbons (Fsp3) is 0.167. The van der Waals surface area contributed by atoms with Crippen molar-refractivity contribution in [1.82, 2.24) is 9.71 Å². The number of aromatic nitrogens is 1. The molecule has 1 rings (SSSR count). The number of rotatable bonds is 3. The Morgan fingerprint density at radius 3 is 2.75 bits per heavy atom. The van der Waals surface area contributed by atoms with Crippen molar-refractivity contribution in [3.05, 3.63) is 30.1 Å². The number of hydrogen-bond donors (Lipinski definition) is 3. The molecule has 1 unspecified atom stereocenters. The molecular formula is C6H8N2O3S. The average Bonchev–Trinajstić information content (AvgIpc) is 2.05. The van der Waals surface area contributed by atoms with Crippen LogP contribution in [0.15, 0.2) is 24.4 Å². The molecule has 0 saturated carbocycles. The summed E-state index contributed by atoms with van der Waals surface area (Å²) in [6, 6.07) is 4.86. The molecule has 2 N–H and O–H groups in total. The molecule has 1 heterocycles. The molecule has 1 atom stereocenters. The first-order valence-corrected chi connectivity index (χ1v) is 4.37. The zero-order valence-electron chi connectivity index (χ0n) is 6.04. The van der Waals surface area contributed by atoms with Gasteiger partial charge in [0.2, 0.25) is 10.9 Å². The van der Waals surface area contributed by atoms with E-state index >= 15 is 0 Å². The summed E-state index contributed by atoms with van der Waals surface area (Å²) in [6.45, 7) is 0. The largest absolute Gasteiger partial charge is 0.372 e. The van der Waals surface area contributed by atoms with E-state index in [2.05, 4.69) is 4.98 Å². The first kappa shape index (κ1) is 9.11. The van der Waals surface area contributed by atoms with E-state index in [0.29, 0.717) is 0 Å². The molecule has 0 aromatic carbocycles. The van der Waals surface area contributed by atoms with E-state index in [1.165, 1.54) is 12.3 Å². The highest BCUT2D eigenvalue weighted by Gasteiger charge is 2.06. The van der Waals surface area contributed by atoms with E-state index < -0.39 is 17.1 Å². The van der Waals surface area contributed by atoms with Crippen molar-refractivity contribution < 1.29 is 13.5 Å². The molecule has 0 bridgehead atoms. The Balaban J connectivity index is 2.71. The molecule has 6 heteroatoms. The van der Waals surface area contributed by atoms with Gasteiger partial charge in [-0.3, -0.25) is 4.98 Å². The highest BCUT2D eigenvalue weighted by atomic mass is 32.2. The molecule has 0 saturated heterocycles. The summed E-state index contributed by atoms with van der Waals surface area (Å²) >= 11 is 0. The standard InChI is InChI=1S/C6H8N2O3S/c9-6(8-12(10)11)5-3-1-2-4-7-5/h1-4,6,9,12H,(H,8,10,11). The third-order valence-corrected chi connectivity index (χ3v) is 1.65. The van der Waals surface area contributed by atoms with Crippen LogP contribution in [0.2, 0.25) is 0 Å². The SMILES string of the molecule is O=[SH](=O)NC(O)c1ccccn1. The third kappa shape index (κ3) is 2.57. The Hall–Kier alpha value is -0.980. The average molecular weight is 188 g/mol. The number of nitrogens with zero attached hydrogens (tertiary/aromatic N) is 1. The van der Waals surface area contributed by atoms with Gasteiger partial charge in [0.1, 0.15) is 0 Å². The van der Waals surface area contributed by atoms with Gasteiger partial charge in [-0.1, -0.05) is 6.07 Å². The molecule has 0 radical (unpaired) electrons. The number of aliphatic hydroxyl groups excluding tert-OH is 1. The minimum Gasteiger partial charge on any atom is -0.372 e. The van der Waals surface area contributed by atoms with E-state index in [-0.39, 0.29) is 5.69 Å². The highest BCUT2D eigenvalue weighted by molar-refractivity contribution is 7.70. The van der Waals surface area contributed by atoms with Gasteiger partial charge in [0, 0.05) is 6.20 Å². The second-order valence-corrected chi connectivity index (χ2v) is 2.82. The Bertz CT molecular complexity index is 304. The van der Waals surface area contributed by atoms with Gasteiger partial charge in [0.15, 0.2) is 6.23 Å². The van der Waals surface area contributed by atoms with Crippen LogP contribution >= 0.6 is 0 Å². The molecule has 66 valence electrons. The lowest BCUT2D eigenvalue weighted by molar-refractivity contribution is 0.163. The van der Waals surface area contributed by atoms with Crippen molar-refractivity contribution in [1.29, 1.82) is 0 Å². The summed E-state index contributed by atoms with van der Waals surface area (Å²) < 4.78 is 22.1. The number of hydrogen-bond acceptors (Lipinski definition) is 4. The first-order chi connectivity index (χ1) is 5.70. The molecule has 5 nitrogen and oxygen atoms in total. The van der Waals surface area contributed by atoms with Crippen LogP contribution < -0.4 is 4.72 Å². The van der Waals surface area contributed by atoms with Crippen molar-refractivity contribution in [3.63, 3.8) is 0 Å². The third-order valence-electron chi connectivity index (χ3n) is 1.20. The zero-order valence-corrected chi connectivity index (χ0v) is 6.94. The van der Waals surface area contributed by atoms with Crippen molar-refractivity contribution >= 4 is 10.9 Å². The second kappa shape index (κ2) is 4.15. The minimum absolute atomic E-state index is 0.275. The molecule has 0 amide bonds. The normalized spacial score (nSPS) is 13.2. The zero-order chi connectivity index (χ0) is 8.97. The molecule has 0 aliphatic rings. The van der Waals surface area contributed by atoms with Crippen molar-refractivity contribution in [2.45, 2.75) is 6.23 Å². The van der Waals surface area contributed by atoms with Gasteiger partial charge in [-0.25, -0.2) is 8.42 Å². The topological polar surface area (TPSA) is 79.3 Å². The van der Waals surface area contributed by atoms with Gasteiger partial charge in [0.25, 0.3) is 0 Å². The molecule has 1 aromatic heterocycles. The van der Waals surface area contributed by atoms with Crippen LogP contribution in [-0.2, 0) is 10.9 Å². The predicted molar refractivity (Wildman–Crippen MR) is 42.6 cm³/mol. The van der Waals surface area contributed by atoms with Gasteiger partial charge in [-0.05, 0) is 12.1 Å². The van der Waals surface area contributed by atoms with Crippen LogP contribution in [0.4, 0.5) is 0 Å². The Morgan fingerprint density at radius 2 is 2.25 bits per heavy atom.